The van der Waals surface area contributed by atoms with Crippen LogP contribution in [0, 0.1) is 6.92 Å². The van der Waals surface area contributed by atoms with E-state index in [-0.39, 0.29) is 10.6 Å². The first-order valence-electron chi connectivity index (χ1n) is 9.01. The molecule has 2 N–H and O–H groups in total. The molecule has 0 fully saturated rings. The van der Waals surface area contributed by atoms with E-state index >= 15 is 0 Å². The average Bonchev–Trinajstić information content (AvgIpc) is 2.72. The van der Waals surface area contributed by atoms with Crippen molar-refractivity contribution in [3.05, 3.63) is 53.6 Å². The summed E-state index contributed by atoms with van der Waals surface area (Å²) in [6.07, 6.45) is 0.877. The number of nitrogens with one attached hydrogen (secondary N) is 2. The van der Waals surface area contributed by atoms with E-state index in [1.165, 1.54) is 13.1 Å². The summed E-state index contributed by atoms with van der Waals surface area (Å²) >= 11 is 0. The van der Waals surface area contributed by atoms with Gasteiger partial charge < -0.3 is 14.8 Å². The number of hydrogen-bond acceptors (Lipinski definition) is 6. The lowest BCUT2D eigenvalue weighted by atomic mass is 10.2. The summed E-state index contributed by atoms with van der Waals surface area (Å²) in [4.78, 5) is 24.2. The Kier molecular flexibility index (Phi) is 7.74. The van der Waals surface area contributed by atoms with Crippen LogP contribution in [-0.2, 0) is 19.6 Å². The molecule has 0 saturated heterocycles. The quantitative estimate of drug-likeness (QED) is 0.603. The van der Waals surface area contributed by atoms with Crippen LogP contribution >= 0.6 is 0 Å². The number of ether oxygens (including phenoxy) is 2. The molecule has 2 aromatic carbocycles. The molecule has 0 spiro atoms. The van der Waals surface area contributed by atoms with Gasteiger partial charge in [0, 0.05) is 5.69 Å². The van der Waals surface area contributed by atoms with Crippen molar-refractivity contribution in [3.63, 3.8) is 0 Å². The molecule has 0 radical (unpaired) electrons. The summed E-state index contributed by atoms with van der Waals surface area (Å²) < 4.78 is 36.7. The number of anilines is 1. The molecule has 0 bridgehead atoms. The van der Waals surface area contributed by atoms with E-state index in [0.717, 1.165) is 6.42 Å². The molecule has 0 aliphatic heterocycles. The molecule has 0 atom stereocenters. The lowest BCUT2D eigenvalue weighted by Gasteiger charge is -2.11. The van der Waals surface area contributed by atoms with Gasteiger partial charge in [-0.25, -0.2) is 17.9 Å². The van der Waals surface area contributed by atoms with Crippen LogP contribution in [0.2, 0.25) is 0 Å². The molecular formula is C20H24N2O6S. The fourth-order valence-corrected chi connectivity index (χ4v) is 3.39. The SMILES string of the molecule is CCCOc1ccc(C(=O)OCC(=O)Nc2ccc(C)c(S(=O)(=O)NC)c2)cc1. The summed E-state index contributed by atoms with van der Waals surface area (Å²) in [5.74, 6) is -0.588. The van der Waals surface area contributed by atoms with Crippen LogP contribution in [0.25, 0.3) is 0 Å². The predicted molar refractivity (Wildman–Crippen MR) is 109 cm³/mol. The standard InChI is InChI=1S/C20H24N2O6S/c1-4-11-27-17-9-6-15(7-10-17)20(24)28-13-19(23)22-16-8-5-14(2)18(12-16)29(25,26)21-3/h5-10,12,21H,4,11,13H2,1-3H3,(H,22,23). The van der Waals surface area contributed by atoms with E-state index in [0.29, 0.717) is 23.5 Å². The van der Waals surface area contributed by atoms with Crippen molar-refractivity contribution in [3.8, 4) is 5.75 Å². The Bertz CT molecular complexity index is 971. The molecule has 0 saturated carbocycles. The zero-order valence-electron chi connectivity index (χ0n) is 16.5. The Morgan fingerprint density at radius 3 is 2.38 bits per heavy atom. The predicted octanol–water partition coefficient (Wildman–Crippen LogP) is 2.49. The highest BCUT2D eigenvalue weighted by molar-refractivity contribution is 7.89. The number of hydrogen-bond donors (Lipinski definition) is 2. The van der Waals surface area contributed by atoms with Crippen LogP contribution in [0.15, 0.2) is 47.4 Å². The molecule has 0 heterocycles. The van der Waals surface area contributed by atoms with Crippen molar-refractivity contribution in [2.75, 3.05) is 25.6 Å². The summed E-state index contributed by atoms with van der Waals surface area (Å²) in [6.45, 7) is 3.72. The van der Waals surface area contributed by atoms with E-state index in [4.69, 9.17) is 9.47 Å². The molecule has 0 unspecified atom stereocenters. The van der Waals surface area contributed by atoms with Crippen LogP contribution in [0.5, 0.6) is 5.75 Å². The molecule has 9 heteroatoms. The van der Waals surface area contributed by atoms with Crippen molar-refractivity contribution in [2.45, 2.75) is 25.2 Å². The highest BCUT2D eigenvalue weighted by Gasteiger charge is 2.16. The third-order valence-electron chi connectivity index (χ3n) is 3.93. The number of benzene rings is 2. The second-order valence-electron chi connectivity index (χ2n) is 6.18. The van der Waals surface area contributed by atoms with Gasteiger partial charge in [0.2, 0.25) is 10.0 Å². The maximum absolute atomic E-state index is 12.1. The fraction of sp³-hybridized carbons (Fsp3) is 0.300. The van der Waals surface area contributed by atoms with Crippen molar-refractivity contribution < 1.29 is 27.5 Å². The summed E-state index contributed by atoms with van der Waals surface area (Å²) in [5, 5.41) is 2.52. The van der Waals surface area contributed by atoms with Gasteiger partial charge in [-0.1, -0.05) is 13.0 Å². The van der Waals surface area contributed by atoms with Gasteiger partial charge in [-0.3, -0.25) is 4.79 Å². The zero-order chi connectivity index (χ0) is 21.4. The number of aryl methyl sites for hydroxylation is 1. The van der Waals surface area contributed by atoms with Gasteiger partial charge in [0.1, 0.15) is 5.75 Å². The Morgan fingerprint density at radius 1 is 1.07 bits per heavy atom. The van der Waals surface area contributed by atoms with Crippen molar-refractivity contribution >= 4 is 27.6 Å². The summed E-state index contributed by atoms with van der Waals surface area (Å²) in [7, 11) is -2.35. The maximum Gasteiger partial charge on any atom is 0.338 e. The average molecular weight is 420 g/mol. The minimum atomic E-state index is -3.66. The first-order chi connectivity index (χ1) is 13.8. The van der Waals surface area contributed by atoms with Crippen LogP contribution in [0.1, 0.15) is 29.3 Å². The molecule has 156 valence electrons. The Labute approximate surface area is 170 Å². The van der Waals surface area contributed by atoms with Gasteiger partial charge >= 0.3 is 5.97 Å². The van der Waals surface area contributed by atoms with Crippen LogP contribution in [0.3, 0.4) is 0 Å². The van der Waals surface area contributed by atoms with E-state index in [1.54, 1.807) is 43.3 Å². The first kappa shape index (κ1) is 22.4. The second-order valence-corrected chi connectivity index (χ2v) is 8.04. The molecule has 1 amide bonds. The van der Waals surface area contributed by atoms with Gasteiger partial charge in [0.15, 0.2) is 6.61 Å². The van der Waals surface area contributed by atoms with Crippen molar-refractivity contribution in [2.24, 2.45) is 0 Å². The Morgan fingerprint density at radius 2 is 1.76 bits per heavy atom. The topological polar surface area (TPSA) is 111 Å². The Hall–Kier alpha value is -2.91. The zero-order valence-corrected chi connectivity index (χ0v) is 17.3. The van der Waals surface area contributed by atoms with Gasteiger partial charge in [0.05, 0.1) is 17.1 Å². The number of carbonyl (C=O) groups is 2. The lowest BCUT2D eigenvalue weighted by Crippen LogP contribution is -2.22. The highest BCUT2D eigenvalue weighted by Crippen LogP contribution is 2.20. The number of carbonyl (C=O) groups excluding carboxylic acids is 2. The molecule has 0 aliphatic carbocycles. The Balaban J connectivity index is 1.94. The molecule has 0 aromatic heterocycles. The molecule has 2 aromatic rings. The van der Waals surface area contributed by atoms with Gasteiger partial charge in [-0.15, -0.1) is 0 Å². The van der Waals surface area contributed by atoms with E-state index < -0.39 is 28.5 Å². The minimum Gasteiger partial charge on any atom is -0.494 e. The van der Waals surface area contributed by atoms with Gasteiger partial charge in [-0.2, -0.15) is 0 Å². The van der Waals surface area contributed by atoms with Crippen molar-refractivity contribution in [1.82, 2.24) is 4.72 Å². The molecule has 29 heavy (non-hydrogen) atoms. The van der Waals surface area contributed by atoms with Crippen molar-refractivity contribution in [1.29, 1.82) is 0 Å². The highest BCUT2D eigenvalue weighted by atomic mass is 32.2. The molecule has 2 rings (SSSR count). The minimum absolute atomic E-state index is 0.0557. The van der Waals surface area contributed by atoms with Crippen LogP contribution in [0.4, 0.5) is 5.69 Å². The second kappa shape index (κ2) is 10.0. The van der Waals surface area contributed by atoms with E-state index in [9.17, 15) is 18.0 Å². The van der Waals surface area contributed by atoms with Crippen LogP contribution < -0.4 is 14.8 Å². The monoisotopic (exact) mass is 420 g/mol. The summed E-state index contributed by atoms with van der Waals surface area (Å²) in [5.41, 5.74) is 1.11. The third-order valence-corrected chi connectivity index (χ3v) is 5.48. The van der Waals surface area contributed by atoms with Gasteiger partial charge in [0.25, 0.3) is 5.91 Å². The smallest absolute Gasteiger partial charge is 0.338 e. The van der Waals surface area contributed by atoms with Gasteiger partial charge in [-0.05, 0) is 62.4 Å². The van der Waals surface area contributed by atoms with E-state index in [1.807, 2.05) is 6.92 Å². The van der Waals surface area contributed by atoms with Crippen LogP contribution in [-0.4, -0.2) is 40.6 Å². The molecular weight excluding hydrogens is 396 g/mol. The number of esters is 1. The molecule has 0 aliphatic rings. The third kappa shape index (κ3) is 6.30. The largest absolute Gasteiger partial charge is 0.494 e. The first-order valence-corrected chi connectivity index (χ1v) is 10.5. The number of sulfonamides is 1. The fourth-order valence-electron chi connectivity index (χ4n) is 2.40. The lowest BCUT2D eigenvalue weighted by molar-refractivity contribution is -0.119. The number of rotatable bonds is 9. The van der Waals surface area contributed by atoms with E-state index in [2.05, 4.69) is 10.0 Å². The number of amides is 1. The maximum atomic E-state index is 12.1. The molecule has 8 nitrogen and oxygen atoms in total. The summed E-state index contributed by atoms with van der Waals surface area (Å²) in [6, 6.07) is 10.9. The normalized spacial score (nSPS) is 11.0.